The first-order valence-corrected chi connectivity index (χ1v) is 7.62. The van der Waals surface area contributed by atoms with Crippen molar-refractivity contribution in [2.75, 3.05) is 0 Å². The van der Waals surface area contributed by atoms with Crippen LogP contribution in [0.4, 0.5) is 0 Å². The van der Waals surface area contributed by atoms with E-state index in [9.17, 15) is 9.59 Å². The molecule has 0 saturated heterocycles. The van der Waals surface area contributed by atoms with Crippen LogP contribution in [0.2, 0.25) is 10.0 Å². The largest absolute Gasteiger partial charge is 0.479 e. The summed E-state index contributed by atoms with van der Waals surface area (Å²) in [4.78, 5) is 23.2. The molecule has 0 radical (unpaired) electrons. The Morgan fingerprint density at radius 2 is 2.09 bits per heavy atom. The molecule has 0 aromatic heterocycles. The fourth-order valence-electron chi connectivity index (χ4n) is 1.95. The van der Waals surface area contributed by atoms with Gasteiger partial charge in [0, 0.05) is 23.2 Å². The van der Waals surface area contributed by atoms with Crippen LogP contribution in [-0.2, 0) is 9.59 Å². The van der Waals surface area contributed by atoms with Crippen molar-refractivity contribution in [1.82, 2.24) is 10.9 Å². The summed E-state index contributed by atoms with van der Waals surface area (Å²) in [5.74, 6) is 0.0611. The van der Waals surface area contributed by atoms with E-state index in [2.05, 4.69) is 10.9 Å². The average Bonchev–Trinajstić information content (AvgIpc) is 2.47. The zero-order valence-corrected chi connectivity index (χ0v) is 13.5. The topological polar surface area (TPSA) is 67.4 Å². The Labute approximate surface area is 138 Å². The third-order valence-electron chi connectivity index (χ3n) is 3.12. The van der Waals surface area contributed by atoms with Crippen LogP contribution >= 0.6 is 23.2 Å². The van der Waals surface area contributed by atoms with E-state index >= 15 is 0 Å². The Balaban J connectivity index is 1.88. The molecular formula is C15H16Cl2N2O3. The molecule has 0 unspecified atom stereocenters. The van der Waals surface area contributed by atoms with Gasteiger partial charge >= 0.3 is 0 Å². The lowest BCUT2D eigenvalue weighted by atomic mass is 10.0. The Bertz CT molecular complexity index is 617. The number of halogens is 2. The van der Waals surface area contributed by atoms with Crippen molar-refractivity contribution in [3.8, 4) is 5.75 Å². The highest BCUT2D eigenvalue weighted by molar-refractivity contribution is 6.35. The van der Waals surface area contributed by atoms with Crippen molar-refractivity contribution < 1.29 is 14.3 Å². The molecule has 0 heterocycles. The number of benzene rings is 1. The second-order valence-electron chi connectivity index (χ2n) is 4.94. The average molecular weight is 343 g/mol. The molecule has 0 fully saturated rings. The lowest BCUT2D eigenvalue weighted by Gasteiger charge is -2.19. The van der Waals surface area contributed by atoms with Gasteiger partial charge in [-0.2, -0.15) is 0 Å². The summed E-state index contributed by atoms with van der Waals surface area (Å²) >= 11 is 11.8. The lowest BCUT2D eigenvalue weighted by Crippen LogP contribution is -2.44. The maximum Gasteiger partial charge on any atom is 0.279 e. The molecule has 1 aromatic rings. The second kappa shape index (κ2) is 7.51. The highest BCUT2D eigenvalue weighted by Crippen LogP contribution is 2.28. The first-order chi connectivity index (χ1) is 10.5. The van der Waals surface area contributed by atoms with E-state index in [1.165, 1.54) is 6.08 Å². The third kappa shape index (κ3) is 4.64. The Hall–Kier alpha value is -1.72. The predicted molar refractivity (Wildman–Crippen MR) is 84.8 cm³/mol. The van der Waals surface area contributed by atoms with Crippen LogP contribution in [0.25, 0.3) is 0 Å². The summed E-state index contributed by atoms with van der Waals surface area (Å²) in [6.45, 7) is 1.60. The molecule has 1 aliphatic rings. The van der Waals surface area contributed by atoms with Crippen LogP contribution < -0.4 is 15.6 Å². The number of ether oxygens (including phenoxy) is 1. The smallest absolute Gasteiger partial charge is 0.279 e. The molecule has 0 saturated carbocycles. The van der Waals surface area contributed by atoms with Gasteiger partial charge in [-0.3, -0.25) is 15.0 Å². The molecule has 7 heteroatoms. The minimum Gasteiger partial charge on any atom is -0.479 e. The van der Waals surface area contributed by atoms with Gasteiger partial charge in [0.25, 0.3) is 5.91 Å². The molecule has 0 bridgehead atoms. The quantitative estimate of drug-likeness (QED) is 0.807. The molecule has 1 aliphatic carbocycles. The lowest BCUT2D eigenvalue weighted by molar-refractivity contribution is -0.128. The number of rotatable bonds is 5. The molecule has 22 heavy (non-hydrogen) atoms. The minimum atomic E-state index is -0.758. The third-order valence-corrected chi connectivity index (χ3v) is 3.65. The molecular weight excluding hydrogens is 327 g/mol. The summed E-state index contributed by atoms with van der Waals surface area (Å²) in [6, 6.07) is 4.77. The van der Waals surface area contributed by atoms with Crippen molar-refractivity contribution in [3.05, 3.63) is 40.0 Å². The molecule has 0 spiro atoms. The van der Waals surface area contributed by atoms with Crippen molar-refractivity contribution in [2.45, 2.75) is 32.3 Å². The standard InChI is InChI=1S/C15H16Cl2N2O3/c1-9(22-14-6-5-10(16)7-13(14)17)15(21)19-18-11-3-2-4-12(20)8-11/h5-9,18H,2-4H2,1H3,(H,19,21)/t9-/m0/s1. The van der Waals surface area contributed by atoms with Gasteiger partial charge in [0.2, 0.25) is 0 Å². The zero-order chi connectivity index (χ0) is 16.1. The monoisotopic (exact) mass is 342 g/mol. The van der Waals surface area contributed by atoms with Gasteiger partial charge < -0.3 is 10.2 Å². The molecule has 2 N–H and O–H groups in total. The predicted octanol–water partition coefficient (Wildman–Crippen LogP) is 3.02. The normalized spacial score (nSPS) is 15.8. The maximum absolute atomic E-state index is 12.0. The fourth-order valence-corrected chi connectivity index (χ4v) is 2.40. The Morgan fingerprint density at radius 1 is 1.32 bits per heavy atom. The number of hydrogen-bond donors (Lipinski definition) is 2. The molecule has 2 rings (SSSR count). The first-order valence-electron chi connectivity index (χ1n) is 6.86. The van der Waals surface area contributed by atoms with Crippen LogP contribution in [0.1, 0.15) is 26.2 Å². The van der Waals surface area contributed by atoms with Gasteiger partial charge in [0.1, 0.15) is 5.75 Å². The highest BCUT2D eigenvalue weighted by atomic mass is 35.5. The summed E-state index contributed by atoms with van der Waals surface area (Å²) < 4.78 is 5.49. The highest BCUT2D eigenvalue weighted by Gasteiger charge is 2.17. The number of allylic oxidation sites excluding steroid dienone is 2. The number of carbonyl (C=O) groups is 2. The van der Waals surface area contributed by atoms with Gasteiger partial charge in [-0.1, -0.05) is 23.2 Å². The zero-order valence-electron chi connectivity index (χ0n) is 12.0. The SMILES string of the molecule is C[C@H](Oc1ccc(Cl)cc1Cl)C(=O)NNC1=CC(=O)CCC1. The van der Waals surface area contributed by atoms with E-state index < -0.39 is 6.10 Å². The van der Waals surface area contributed by atoms with Gasteiger partial charge in [0.15, 0.2) is 11.9 Å². The van der Waals surface area contributed by atoms with Gasteiger partial charge in [-0.15, -0.1) is 0 Å². The second-order valence-corrected chi connectivity index (χ2v) is 5.78. The fraction of sp³-hybridized carbons (Fsp3) is 0.333. The molecule has 1 aromatic carbocycles. The first kappa shape index (κ1) is 16.6. The van der Waals surface area contributed by atoms with Crippen LogP contribution in [0, 0.1) is 0 Å². The number of amides is 1. The molecule has 118 valence electrons. The van der Waals surface area contributed by atoms with Crippen molar-refractivity contribution in [3.63, 3.8) is 0 Å². The number of ketones is 1. The summed E-state index contributed by atoms with van der Waals surface area (Å²) in [5.41, 5.74) is 5.96. The Kier molecular flexibility index (Phi) is 5.69. The van der Waals surface area contributed by atoms with Gasteiger partial charge in [-0.25, -0.2) is 0 Å². The minimum absolute atomic E-state index is 0.0558. The summed E-state index contributed by atoms with van der Waals surface area (Å²) in [5, 5.41) is 0.825. The number of hydrogen-bond acceptors (Lipinski definition) is 4. The van der Waals surface area contributed by atoms with E-state index in [0.717, 1.165) is 12.8 Å². The van der Waals surface area contributed by atoms with E-state index in [0.29, 0.717) is 27.9 Å². The molecule has 5 nitrogen and oxygen atoms in total. The van der Waals surface area contributed by atoms with Gasteiger partial charge in [0.05, 0.1) is 5.02 Å². The van der Waals surface area contributed by atoms with Gasteiger partial charge in [-0.05, 0) is 38.0 Å². The van der Waals surface area contributed by atoms with Crippen LogP contribution in [0.3, 0.4) is 0 Å². The van der Waals surface area contributed by atoms with Crippen LogP contribution in [0.5, 0.6) is 5.75 Å². The van der Waals surface area contributed by atoms with E-state index in [4.69, 9.17) is 27.9 Å². The van der Waals surface area contributed by atoms with Crippen molar-refractivity contribution >= 4 is 34.9 Å². The summed E-state index contributed by atoms with van der Waals surface area (Å²) in [6.07, 6.45) is 2.80. The van der Waals surface area contributed by atoms with E-state index in [1.807, 2.05) is 0 Å². The van der Waals surface area contributed by atoms with E-state index in [1.54, 1.807) is 25.1 Å². The summed E-state index contributed by atoms with van der Waals surface area (Å²) in [7, 11) is 0. The Morgan fingerprint density at radius 3 is 2.77 bits per heavy atom. The maximum atomic E-state index is 12.0. The van der Waals surface area contributed by atoms with Crippen molar-refractivity contribution in [1.29, 1.82) is 0 Å². The number of nitrogens with one attached hydrogen (secondary N) is 2. The molecule has 1 amide bonds. The van der Waals surface area contributed by atoms with Crippen LogP contribution in [0.15, 0.2) is 30.0 Å². The molecule has 1 atom stereocenters. The van der Waals surface area contributed by atoms with E-state index in [-0.39, 0.29) is 11.7 Å². The molecule has 0 aliphatic heterocycles. The number of carbonyl (C=O) groups excluding carboxylic acids is 2. The number of hydrazine groups is 1. The van der Waals surface area contributed by atoms with Crippen LogP contribution in [-0.4, -0.2) is 17.8 Å². The van der Waals surface area contributed by atoms with Crippen molar-refractivity contribution in [2.24, 2.45) is 0 Å².